The number of amides is 1. The van der Waals surface area contributed by atoms with Gasteiger partial charge in [0.2, 0.25) is 5.95 Å². The Morgan fingerprint density at radius 1 is 1.44 bits per heavy atom. The van der Waals surface area contributed by atoms with Crippen LogP contribution in [0, 0.1) is 25.7 Å². The number of hydrogen-bond acceptors (Lipinski definition) is 6. The first-order chi connectivity index (χ1) is 13.1. The summed E-state index contributed by atoms with van der Waals surface area (Å²) in [6, 6.07) is 3.91. The Hall–Kier alpha value is -1.99. The number of aromatic nitrogens is 2. The zero-order valence-electron chi connectivity index (χ0n) is 15.6. The molecule has 6 nitrogen and oxygen atoms in total. The van der Waals surface area contributed by atoms with Gasteiger partial charge in [0.25, 0.3) is 5.91 Å². The number of thiophene rings is 1. The van der Waals surface area contributed by atoms with Gasteiger partial charge in [-0.05, 0) is 49.8 Å². The van der Waals surface area contributed by atoms with E-state index in [0.29, 0.717) is 18.4 Å². The van der Waals surface area contributed by atoms with Gasteiger partial charge in [-0.3, -0.25) is 4.79 Å². The first-order valence-corrected chi connectivity index (χ1v) is 10.5. The van der Waals surface area contributed by atoms with Crippen molar-refractivity contribution < 1.29 is 9.53 Å². The number of anilines is 1. The normalized spacial score (nSPS) is 31.3. The smallest absolute Gasteiger partial charge is 0.261 e. The number of aryl methyl sites for hydroxylation is 2. The van der Waals surface area contributed by atoms with Crippen molar-refractivity contribution in [3.8, 4) is 0 Å². The molecule has 4 atom stereocenters. The van der Waals surface area contributed by atoms with Crippen molar-refractivity contribution in [1.29, 1.82) is 0 Å². The summed E-state index contributed by atoms with van der Waals surface area (Å²) < 4.78 is 6.48. The van der Waals surface area contributed by atoms with Gasteiger partial charge in [0.15, 0.2) is 0 Å². The van der Waals surface area contributed by atoms with Gasteiger partial charge in [0.05, 0.1) is 23.1 Å². The number of nitrogens with zero attached hydrogens (tertiary/aromatic N) is 3. The van der Waals surface area contributed by atoms with Crippen LogP contribution < -0.4 is 10.2 Å². The first kappa shape index (κ1) is 17.1. The highest BCUT2D eigenvalue weighted by Crippen LogP contribution is 2.54. The van der Waals surface area contributed by atoms with E-state index in [2.05, 4.69) is 20.2 Å². The van der Waals surface area contributed by atoms with Crippen LogP contribution in [0.3, 0.4) is 0 Å². The maximum Gasteiger partial charge on any atom is 0.261 e. The Bertz CT molecular complexity index is 884. The van der Waals surface area contributed by atoms with Crippen LogP contribution in [0.4, 0.5) is 5.95 Å². The lowest BCUT2D eigenvalue weighted by molar-refractivity contribution is 0.0141. The van der Waals surface area contributed by atoms with Crippen LogP contribution in [0.2, 0.25) is 0 Å². The van der Waals surface area contributed by atoms with Crippen molar-refractivity contribution in [3.05, 3.63) is 39.8 Å². The number of carbonyl (C=O) groups excluding carboxylic acids is 1. The summed E-state index contributed by atoms with van der Waals surface area (Å²) in [5.41, 5.74) is 1.93. The first-order valence-electron chi connectivity index (χ1n) is 9.60. The molecule has 2 aromatic rings. The second-order valence-corrected chi connectivity index (χ2v) is 8.97. The van der Waals surface area contributed by atoms with E-state index in [-0.39, 0.29) is 17.6 Å². The fourth-order valence-corrected chi connectivity index (χ4v) is 5.94. The molecule has 2 bridgehead atoms. The molecule has 0 aliphatic carbocycles. The predicted molar refractivity (Wildman–Crippen MR) is 104 cm³/mol. The Labute approximate surface area is 163 Å². The summed E-state index contributed by atoms with van der Waals surface area (Å²) in [6.45, 7) is 6.41. The SMILES string of the molecule is Cc1ccnc(N2C[C@@H]3[C@H](CNC(=O)c4sccc4C)[C@H]4CC[C@]3(C2)O4)n1. The molecule has 1 spiro atoms. The minimum absolute atomic E-state index is 0.0381. The molecule has 0 radical (unpaired) electrons. The van der Waals surface area contributed by atoms with Gasteiger partial charge in [-0.15, -0.1) is 11.3 Å². The number of carbonyl (C=O) groups is 1. The van der Waals surface area contributed by atoms with Crippen LogP contribution in [0.25, 0.3) is 0 Å². The molecule has 1 amide bonds. The minimum atomic E-state index is -0.0913. The summed E-state index contributed by atoms with van der Waals surface area (Å²) in [5.74, 6) is 1.61. The lowest BCUT2D eigenvalue weighted by Crippen LogP contribution is -2.41. The second kappa shape index (κ2) is 6.27. The summed E-state index contributed by atoms with van der Waals surface area (Å²) in [7, 11) is 0. The van der Waals surface area contributed by atoms with E-state index in [1.54, 1.807) is 0 Å². The van der Waals surface area contributed by atoms with Gasteiger partial charge in [-0.25, -0.2) is 9.97 Å². The Balaban J connectivity index is 1.31. The van der Waals surface area contributed by atoms with Crippen LogP contribution in [-0.4, -0.2) is 47.2 Å². The second-order valence-electron chi connectivity index (χ2n) is 8.05. The zero-order valence-corrected chi connectivity index (χ0v) is 16.5. The fraction of sp³-hybridized carbons (Fsp3) is 0.550. The van der Waals surface area contributed by atoms with Gasteiger partial charge in [0, 0.05) is 36.8 Å². The van der Waals surface area contributed by atoms with Crippen LogP contribution in [0.1, 0.15) is 33.8 Å². The minimum Gasteiger partial charge on any atom is -0.369 e. The van der Waals surface area contributed by atoms with Gasteiger partial charge >= 0.3 is 0 Å². The van der Waals surface area contributed by atoms with Crippen molar-refractivity contribution in [3.63, 3.8) is 0 Å². The van der Waals surface area contributed by atoms with Gasteiger partial charge < -0.3 is 15.0 Å². The monoisotopic (exact) mass is 384 g/mol. The molecule has 142 valence electrons. The molecule has 5 heterocycles. The Morgan fingerprint density at radius 2 is 2.33 bits per heavy atom. The Kier molecular flexibility index (Phi) is 3.98. The quantitative estimate of drug-likeness (QED) is 0.878. The summed E-state index contributed by atoms with van der Waals surface area (Å²) in [4.78, 5) is 24.7. The van der Waals surface area contributed by atoms with Crippen molar-refractivity contribution in [1.82, 2.24) is 15.3 Å². The van der Waals surface area contributed by atoms with Crippen LogP contribution in [0.5, 0.6) is 0 Å². The standard InChI is InChI=1S/C20H24N4O2S/c1-12-5-8-27-17(12)18(25)22-9-14-15-10-24(19-21-7-4-13(2)23-19)11-20(15)6-3-16(14)26-20/h4-5,7-8,14-16H,3,6,9-11H2,1-2H3,(H,22,25)/t14-,15+,16+,20+/m0/s1. The fourth-order valence-electron chi connectivity index (χ4n) is 5.10. The molecule has 7 heteroatoms. The van der Waals surface area contributed by atoms with Crippen molar-refractivity contribution in [2.24, 2.45) is 11.8 Å². The van der Waals surface area contributed by atoms with E-state index < -0.39 is 0 Å². The topological polar surface area (TPSA) is 67.4 Å². The lowest BCUT2D eigenvalue weighted by Gasteiger charge is -2.29. The molecule has 0 unspecified atom stereocenters. The molecule has 3 aliphatic rings. The molecule has 5 rings (SSSR count). The molecule has 3 fully saturated rings. The number of ether oxygens (including phenoxy) is 1. The summed E-state index contributed by atoms with van der Waals surface area (Å²) in [5, 5.41) is 5.14. The van der Waals surface area contributed by atoms with E-state index in [0.717, 1.165) is 48.0 Å². The van der Waals surface area contributed by atoms with Crippen LogP contribution >= 0.6 is 11.3 Å². The van der Waals surface area contributed by atoms with Crippen molar-refractivity contribution >= 4 is 23.2 Å². The molecular weight excluding hydrogens is 360 g/mol. The van der Waals surface area contributed by atoms with Gasteiger partial charge in [-0.2, -0.15) is 0 Å². The number of nitrogens with one attached hydrogen (secondary N) is 1. The lowest BCUT2D eigenvalue weighted by atomic mass is 9.73. The number of rotatable bonds is 4. The third-order valence-corrected chi connectivity index (χ3v) is 7.43. The molecule has 0 saturated carbocycles. The van der Waals surface area contributed by atoms with E-state index in [9.17, 15) is 4.79 Å². The maximum atomic E-state index is 12.5. The molecule has 3 saturated heterocycles. The molecule has 1 N–H and O–H groups in total. The van der Waals surface area contributed by atoms with Crippen LogP contribution in [0.15, 0.2) is 23.7 Å². The molecule has 2 aromatic heterocycles. The average Bonchev–Trinajstić information content (AvgIpc) is 3.39. The average molecular weight is 385 g/mol. The van der Waals surface area contributed by atoms with Crippen molar-refractivity contribution in [2.45, 2.75) is 38.4 Å². The van der Waals surface area contributed by atoms with E-state index in [1.807, 2.05) is 37.6 Å². The number of hydrogen-bond donors (Lipinski definition) is 1. The zero-order chi connectivity index (χ0) is 18.6. The van der Waals surface area contributed by atoms with E-state index >= 15 is 0 Å². The molecule has 3 aliphatic heterocycles. The third kappa shape index (κ3) is 2.75. The highest BCUT2D eigenvalue weighted by atomic mass is 32.1. The van der Waals surface area contributed by atoms with Crippen LogP contribution in [-0.2, 0) is 4.74 Å². The largest absolute Gasteiger partial charge is 0.369 e. The molecule has 27 heavy (non-hydrogen) atoms. The molecular formula is C20H24N4O2S. The van der Waals surface area contributed by atoms with Gasteiger partial charge in [-0.1, -0.05) is 0 Å². The van der Waals surface area contributed by atoms with Gasteiger partial charge in [0.1, 0.15) is 0 Å². The Morgan fingerprint density at radius 3 is 3.11 bits per heavy atom. The highest BCUT2D eigenvalue weighted by Gasteiger charge is 2.63. The molecule has 0 aromatic carbocycles. The predicted octanol–water partition coefficient (Wildman–Crippen LogP) is 2.57. The highest BCUT2D eigenvalue weighted by molar-refractivity contribution is 7.12. The number of fused-ring (bicyclic) bond motifs is 1. The van der Waals surface area contributed by atoms with E-state index in [1.165, 1.54) is 11.3 Å². The summed E-state index contributed by atoms with van der Waals surface area (Å²) in [6.07, 6.45) is 4.26. The van der Waals surface area contributed by atoms with E-state index in [4.69, 9.17) is 4.74 Å². The summed E-state index contributed by atoms with van der Waals surface area (Å²) >= 11 is 1.50. The third-order valence-electron chi connectivity index (χ3n) is 6.42. The van der Waals surface area contributed by atoms with Crippen molar-refractivity contribution in [2.75, 3.05) is 24.5 Å². The maximum absolute atomic E-state index is 12.5.